The number of β-amino-alcohol motifs (C(OH)–C–C–N with tert-alkyl or cyclic N) is 1. The second-order valence-electron chi connectivity index (χ2n) is 6.05. The van der Waals surface area contributed by atoms with E-state index in [9.17, 15) is 19.8 Å². The second-order valence-corrected chi connectivity index (χ2v) is 6.05. The first-order valence-corrected chi connectivity index (χ1v) is 6.82. The fraction of sp³-hybridized carbons (Fsp3) is 0.846. The molecule has 3 atom stereocenters. The van der Waals surface area contributed by atoms with Crippen LogP contribution in [0, 0.1) is 5.92 Å². The summed E-state index contributed by atoms with van der Waals surface area (Å²) in [5, 5.41) is 19.3. The zero-order chi connectivity index (χ0) is 14.2. The molecule has 2 aliphatic rings. The third-order valence-electron chi connectivity index (χ3n) is 4.14. The number of piperidine rings is 1. The summed E-state index contributed by atoms with van der Waals surface area (Å²) < 4.78 is 0. The fourth-order valence-corrected chi connectivity index (χ4v) is 3.10. The Kier molecular flexibility index (Phi) is 3.71. The lowest BCUT2D eigenvalue weighted by Crippen LogP contribution is -2.55. The first-order chi connectivity index (χ1) is 8.82. The largest absolute Gasteiger partial charge is 0.480 e. The van der Waals surface area contributed by atoms with Gasteiger partial charge in [0.2, 0.25) is 0 Å². The molecule has 2 heterocycles. The first kappa shape index (κ1) is 14.1. The zero-order valence-electron chi connectivity index (χ0n) is 11.5. The van der Waals surface area contributed by atoms with Gasteiger partial charge in [-0.3, -0.25) is 0 Å². The summed E-state index contributed by atoms with van der Waals surface area (Å²) in [6.07, 6.45) is 2.14. The van der Waals surface area contributed by atoms with Crippen LogP contribution in [-0.2, 0) is 4.79 Å². The van der Waals surface area contributed by atoms with Gasteiger partial charge < -0.3 is 20.0 Å². The van der Waals surface area contributed by atoms with Crippen molar-refractivity contribution in [2.75, 3.05) is 19.6 Å². The van der Waals surface area contributed by atoms with E-state index in [1.807, 2.05) is 6.92 Å². The molecule has 2 rings (SSSR count). The maximum Gasteiger partial charge on any atom is 0.326 e. The average molecular weight is 270 g/mol. The van der Waals surface area contributed by atoms with E-state index >= 15 is 0 Å². The van der Waals surface area contributed by atoms with Crippen molar-refractivity contribution in [1.29, 1.82) is 0 Å². The van der Waals surface area contributed by atoms with Gasteiger partial charge in [-0.15, -0.1) is 0 Å². The lowest BCUT2D eigenvalue weighted by Gasteiger charge is -2.39. The molecule has 6 nitrogen and oxygen atoms in total. The molecule has 6 heteroatoms. The highest BCUT2D eigenvalue weighted by atomic mass is 16.4. The minimum absolute atomic E-state index is 0.0215. The third-order valence-corrected chi connectivity index (χ3v) is 4.14. The number of carboxylic acids is 1. The number of likely N-dealkylation sites (tertiary alicyclic amines) is 2. The molecule has 2 amide bonds. The molecule has 0 radical (unpaired) electrons. The van der Waals surface area contributed by atoms with E-state index < -0.39 is 17.6 Å². The van der Waals surface area contributed by atoms with E-state index in [1.54, 1.807) is 11.8 Å². The number of aliphatic carboxylic acids is 1. The van der Waals surface area contributed by atoms with Gasteiger partial charge in [-0.05, 0) is 32.1 Å². The average Bonchev–Trinajstić information content (AvgIpc) is 2.68. The molecule has 2 aliphatic heterocycles. The standard InChI is InChI=1S/C13H22N2O4/c1-9-4-7-15(10(9)11(16)17)12(18)14-6-3-5-13(2,19)8-14/h9-10,19H,3-8H2,1-2H3,(H,16,17). The van der Waals surface area contributed by atoms with Crippen LogP contribution in [0.4, 0.5) is 4.79 Å². The molecule has 0 aromatic rings. The van der Waals surface area contributed by atoms with Gasteiger partial charge in [0.15, 0.2) is 0 Å². The van der Waals surface area contributed by atoms with Gasteiger partial charge in [-0.2, -0.15) is 0 Å². The topological polar surface area (TPSA) is 81.1 Å². The molecular formula is C13H22N2O4. The highest BCUT2D eigenvalue weighted by Gasteiger charge is 2.42. The number of hydrogen-bond acceptors (Lipinski definition) is 3. The number of carbonyl (C=O) groups excluding carboxylic acids is 1. The number of rotatable bonds is 1. The first-order valence-electron chi connectivity index (χ1n) is 6.82. The highest BCUT2D eigenvalue weighted by Crippen LogP contribution is 2.27. The Labute approximate surface area is 113 Å². The maximum absolute atomic E-state index is 12.4. The fourth-order valence-electron chi connectivity index (χ4n) is 3.10. The van der Waals surface area contributed by atoms with Gasteiger partial charge in [0.05, 0.1) is 12.1 Å². The van der Waals surface area contributed by atoms with Crippen LogP contribution in [0.3, 0.4) is 0 Å². The van der Waals surface area contributed by atoms with Crippen molar-refractivity contribution < 1.29 is 19.8 Å². The normalized spacial score (nSPS) is 35.5. The van der Waals surface area contributed by atoms with Crippen molar-refractivity contribution in [2.24, 2.45) is 5.92 Å². The van der Waals surface area contributed by atoms with Gasteiger partial charge in [0.25, 0.3) is 0 Å². The smallest absolute Gasteiger partial charge is 0.326 e. The number of nitrogens with zero attached hydrogens (tertiary/aromatic N) is 2. The third kappa shape index (κ3) is 2.83. The summed E-state index contributed by atoms with van der Waals surface area (Å²) in [4.78, 5) is 26.7. The summed E-state index contributed by atoms with van der Waals surface area (Å²) in [6.45, 7) is 4.93. The number of amides is 2. The van der Waals surface area contributed by atoms with Crippen LogP contribution in [0.15, 0.2) is 0 Å². The Balaban J connectivity index is 2.09. The summed E-state index contributed by atoms with van der Waals surface area (Å²) in [5.41, 5.74) is -0.863. The molecule has 2 saturated heterocycles. The van der Waals surface area contributed by atoms with Gasteiger partial charge >= 0.3 is 12.0 Å². The number of carbonyl (C=O) groups is 2. The van der Waals surface area contributed by atoms with Gasteiger partial charge in [-0.25, -0.2) is 9.59 Å². The highest BCUT2D eigenvalue weighted by molar-refractivity contribution is 5.83. The van der Waals surface area contributed by atoms with Crippen molar-refractivity contribution in [1.82, 2.24) is 9.80 Å². The van der Waals surface area contributed by atoms with Crippen LogP contribution in [0.1, 0.15) is 33.1 Å². The molecule has 108 valence electrons. The molecule has 0 aromatic carbocycles. The van der Waals surface area contributed by atoms with Crippen molar-refractivity contribution in [3.63, 3.8) is 0 Å². The van der Waals surface area contributed by atoms with Crippen LogP contribution in [0.5, 0.6) is 0 Å². The van der Waals surface area contributed by atoms with Crippen molar-refractivity contribution in [3.05, 3.63) is 0 Å². The molecule has 0 bridgehead atoms. The second kappa shape index (κ2) is 5.00. The molecule has 19 heavy (non-hydrogen) atoms. The number of carboxylic acid groups (broad SMARTS) is 1. The van der Waals surface area contributed by atoms with Gasteiger partial charge in [-0.1, -0.05) is 6.92 Å². The van der Waals surface area contributed by atoms with E-state index in [0.29, 0.717) is 25.9 Å². The predicted octanol–water partition coefficient (Wildman–Crippen LogP) is 0.748. The Morgan fingerprint density at radius 2 is 2.00 bits per heavy atom. The van der Waals surface area contributed by atoms with Crippen LogP contribution < -0.4 is 0 Å². The predicted molar refractivity (Wildman–Crippen MR) is 68.7 cm³/mol. The molecule has 0 aliphatic carbocycles. The Morgan fingerprint density at radius 3 is 2.58 bits per heavy atom. The van der Waals surface area contributed by atoms with E-state index in [-0.39, 0.29) is 18.5 Å². The van der Waals surface area contributed by atoms with E-state index in [4.69, 9.17) is 0 Å². The summed E-state index contributed by atoms with van der Waals surface area (Å²) in [6, 6.07) is -0.990. The summed E-state index contributed by atoms with van der Waals surface area (Å²) in [5.74, 6) is -0.964. The molecule has 2 N–H and O–H groups in total. The molecule has 0 spiro atoms. The van der Waals surface area contributed by atoms with Crippen molar-refractivity contribution >= 4 is 12.0 Å². The van der Waals surface area contributed by atoms with Crippen molar-refractivity contribution in [2.45, 2.75) is 44.8 Å². The Morgan fingerprint density at radius 1 is 1.32 bits per heavy atom. The zero-order valence-corrected chi connectivity index (χ0v) is 11.5. The van der Waals surface area contributed by atoms with E-state index in [1.165, 1.54) is 4.90 Å². The van der Waals surface area contributed by atoms with Crippen LogP contribution in [0.25, 0.3) is 0 Å². The van der Waals surface area contributed by atoms with Crippen LogP contribution in [-0.4, -0.2) is 63.3 Å². The lowest BCUT2D eigenvalue weighted by atomic mass is 9.95. The minimum Gasteiger partial charge on any atom is -0.480 e. The molecule has 0 saturated carbocycles. The van der Waals surface area contributed by atoms with E-state index in [2.05, 4.69) is 0 Å². The van der Waals surface area contributed by atoms with E-state index in [0.717, 1.165) is 6.42 Å². The maximum atomic E-state index is 12.4. The number of hydrogen-bond donors (Lipinski definition) is 2. The van der Waals surface area contributed by atoms with Gasteiger partial charge in [0.1, 0.15) is 6.04 Å². The number of urea groups is 1. The van der Waals surface area contributed by atoms with Crippen LogP contribution >= 0.6 is 0 Å². The molecule has 3 unspecified atom stereocenters. The van der Waals surface area contributed by atoms with Crippen LogP contribution in [0.2, 0.25) is 0 Å². The monoisotopic (exact) mass is 270 g/mol. The molecular weight excluding hydrogens is 248 g/mol. The van der Waals surface area contributed by atoms with Crippen molar-refractivity contribution in [3.8, 4) is 0 Å². The summed E-state index contributed by atoms with van der Waals surface area (Å²) >= 11 is 0. The quantitative estimate of drug-likeness (QED) is 0.736. The Hall–Kier alpha value is -1.30. The summed E-state index contributed by atoms with van der Waals surface area (Å²) in [7, 11) is 0. The Bertz CT molecular complexity index is 383. The van der Waals surface area contributed by atoms with Gasteiger partial charge in [0, 0.05) is 13.1 Å². The molecule has 2 fully saturated rings. The SMILES string of the molecule is CC1CCN(C(=O)N2CCCC(C)(O)C2)C1C(=O)O. The lowest BCUT2D eigenvalue weighted by molar-refractivity contribution is -0.142. The number of aliphatic hydroxyl groups is 1. The minimum atomic E-state index is -0.942. The molecule has 0 aromatic heterocycles.